The van der Waals surface area contributed by atoms with Crippen LogP contribution in [0.2, 0.25) is 0 Å². The molecule has 74 valence electrons. The number of hydrogen-bond acceptors (Lipinski definition) is 1. The minimum absolute atomic E-state index is 0.510. The van der Waals surface area contributed by atoms with Crippen molar-refractivity contribution in [2.45, 2.75) is 31.6 Å². The number of aryl methyl sites for hydroxylation is 1. The fraction of sp³-hybridized carbons (Fsp3) is 0.538. The molecular weight excluding hydrogens is 170 g/mol. The Balaban J connectivity index is 2.08. The first kappa shape index (κ1) is 8.49. The minimum atomic E-state index is 0.510. The summed E-state index contributed by atoms with van der Waals surface area (Å²) in [5.41, 5.74) is 11.0. The molecule has 0 saturated heterocycles. The zero-order valence-corrected chi connectivity index (χ0v) is 8.72. The van der Waals surface area contributed by atoms with Crippen molar-refractivity contribution in [3.05, 3.63) is 34.9 Å². The molecule has 0 bridgehead atoms. The maximum Gasteiger partial charge on any atom is 0.000298 e. The van der Waals surface area contributed by atoms with Gasteiger partial charge >= 0.3 is 0 Å². The Morgan fingerprint density at radius 1 is 1.50 bits per heavy atom. The van der Waals surface area contributed by atoms with Crippen LogP contribution < -0.4 is 5.73 Å². The van der Waals surface area contributed by atoms with E-state index in [1.165, 1.54) is 24.8 Å². The van der Waals surface area contributed by atoms with Crippen LogP contribution in [0.3, 0.4) is 0 Å². The highest BCUT2D eigenvalue weighted by Gasteiger charge is 2.57. The maximum absolute atomic E-state index is 5.78. The van der Waals surface area contributed by atoms with Crippen molar-refractivity contribution in [1.29, 1.82) is 0 Å². The van der Waals surface area contributed by atoms with Crippen LogP contribution in [0.5, 0.6) is 0 Å². The molecule has 2 N–H and O–H groups in total. The average Bonchev–Trinajstić information content (AvgIpc) is 2.77. The fourth-order valence-corrected chi connectivity index (χ4v) is 3.31. The molecule has 0 aliphatic heterocycles. The van der Waals surface area contributed by atoms with Gasteiger partial charge in [-0.2, -0.15) is 0 Å². The molecule has 1 saturated carbocycles. The molecule has 1 fully saturated rings. The maximum atomic E-state index is 5.78. The first-order valence-electron chi connectivity index (χ1n) is 5.57. The third-order valence-corrected chi connectivity index (χ3v) is 4.28. The van der Waals surface area contributed by atoms with Gasteiger partial charge in [0.2, 0.25) is 0 Å². The quantitative estimate of drug-likeness (QED) is 0.716. The van der Waals surface area contributed by atoms with Crippen molar-refractivity contribution in [3.8, 4) is 0 Å². The highest BCUT2D eigenvalue weighted by Crippen LogP contribution is 2.61. The van der Waals surface area contributed by atoms with Gasteiger partial charge in [0.15, 0.2) is 0 Å². The third kappa shape index (κ3) is 0.885. The molecule has 3 rings (SSSR count). The van der Waals surface area contributed by atoms with Crippen LogP contribution in [0.25, 0.3) is 0 Å². The lowest BCUT2D eigenvalue weighted by molar-refractivity contribution is 0.601. The lowest BCUT2D eigenvalue weighted by atomic mass is 9.94. The molecule has 1 heteroatoms. The summed E-state index contributed by atoms with van der Waals surface area (Å²) in [5.74, 6) is 0.769. The zero-order valence-electron chi connectivity index (χ0n) is 8.72. The van der Waals surface area contributed by atoms with Crippen LogP contribution in [0.1, 0.15) is 29.5 Å². The summed E-state index contributed by atoms with van der Waals surface area (Å²) in [4.78, 5) is 0. The third-order valence-electron chi connectivity index (χ3n) is 4.28. The van der Waals surface area contributed by atoms with Crippen molar-refractivity contribution in [2.24, 2.45) is 11.7 Å². The summed E-state index contributed by atoms with van der Waals surface area (Å²) in [6.45, 7) is 3.10. The Labute approximate surface area is 85.3 Å². The SMILES string of the molecule is Cc1cccc2c1CCC21CC1CN. The van der Waals surface area contributed by atoms with E-state index in [9.17, 15) is 0 Å². The van der Waals surface area contributed by atoms with E-state index in [-0.39, 0.29) is 0 Å². The minimum Gasteiger partial charge on any atom is -0.330 e. The van der Waals surface area contributed by atoms with Gasteiger partial charge in [0.05, 0.1) is 0 Å². The van der Waals surface area contributed by atoms with E-state index in [1.807, 2.05) is 0 Å². The fourth-order valence-electron chi connectivity index (χ4n) is 3.31. The number of fused-ring (bicyclic) bond motifs is 2. The van der Waals surface area contributed by atoms with Crippen LogP contribution in [0.15, 0.2) is 18.2 Å². The van der Waals surface area contributed by atoms with E-state index in [2.05, 4.69) is 25.1 Å². The monoisotopic (exact) mass is 187 g/mol. The predicted octanol–water partition coefficient (Wildman–Crippen LogP) is 2.16. The van der Waals surface area contributed by atoms with Crippen molar-refractivity contribution in [2.75, 3.05) is 6.54 Å². The van der Waals surface area contributed by atoms with E-state index in [4.69, 9.17) is 5.73 Å². The second kappa shape index (κ2) is 2.60. The molecule has 14 heavy (non-hydrogen) atoms. The summed E-state index contributed by atoms with van der Waals surface area (Å²) >= 11 is 0. The molecular formula is C13H17N. The molecule has 2 unspecified atom stereocenters. The molecule has 1 aromatic carbocycles. The largest absolute Gasteiger partial charge is 0.330 e. The summed E-state index contributed by atoms with van der Waals surface area (Å²) in [5, 5.41) is 0. The molecule has 1 nitrogen and oxygen atoms in total. The Hall–Kier alpha value is -0.820. The van der Waals surface area contributed by atoms with Crippen molar-refractivity contribution in [3.63, 3.8) is 0 Å². The average molecular weight is 187 g/mol. The van der Waals surface area contributed by atoms with Gasteiger partial charge in [0.25, 0.3) is 0 Å². The smallest absolute Gasteiger partial charge is 0.000298 e. The van der Waals surface area contributed by atoms with E-state index >= 15 is 0 Å². The highest BCUT2D eigenvalue weighted by atomic mass is 14.7. The molecule has 0 heterocycles. The van der Waals surface area contributed by atoms with Gasteiger partial charge < -0.3 is 5.73 Å². The van der Waals surface area contributed by atoms with Crippen molar-refractivity contribution >= 4 is 0 Å². The lowest BCUT2D eigenvalue weighted by Crippen LogP contribution is -2.12. The highest BCUT2D eigenvalue weighted by molar-refractivity contribution is 5.48. The second-order valence-corrected chi connectivity index (χ2v) is 4.89. The predicted molar refractivity (Wildman–Crippen MR) is 58.3 cm³/mol. The van der Waals surface area contributed by atoms with Crippen LogP contribution in [-0.2, 0) is 11.8 Å². The normalized spacial score (nSPS) is 33.4. The number of nitrogens with two attached hydrogens (primary N) is 1. The summed E-state index contributed by atoms with van der Waals surface area (Å²) in [7, 11) is 0. The first-order chi connectivity index (χ1) is 6.78. The number of benzene rings is 1. The van der Waals surface area contributed by atoms with E-state index in [0.717, 1.165) is 12.5 Å². The van der Waals surface area contributed by atoms with Crippen LogP contribution in [0, 0.1) is 12.8 Å². The first-order valence-corrected chi connectivity index (χ1v) is 5.57. The van der Waals surface area contributed by atoms with Crippen LogP contribution >= 0.6 is 0 Å². The molecule has 0 amide bonds. The summed E-state index contributed by atoms with van der Waals surface area (Å²) in [6.07, 6.45) is 3.95. The summed E-state index contributed by atoms with van der Waals surface area (Å²) in [6, 6.07) is 6.76. The number of hydrogen-bond donors (Lipinski definition) is 1. The van der Waals surface area contributed by atoms with Crippen LogP contribution in [-0.4, -0.2) is 6.54 Å². The Bertz CT molecular complexity index is 383. The molecule has 2 aliphatic rings. The summed E-state index contributed by atoms with van der Waals surface area (Å²) < 4.78 is 0. The molecule has 2 aliphatic carbocycles. The van der Waals surface area contributed by atoms with E-state index in [1.54, 1.807) is 11.1 Å². The van der Waals surface area contributed by atoms with Gasteiger partial charge in [-0.25, -0.2) is 0 Å². The van der Waals surface area contributed by atoms with Gasteiger partial charge in [-0.1, -0.05) is 18.2 Å². The number of rotatable bonds is 1. The molecule has 0 aromatic heterocycles. The van der Waals surface area contributed by atoms with Gasteiger partial charge in [-0.05, 0) is 55.3 Å². The lowest BCUT2D eigenvalue weighted by Gasteiger charge is -2.11. The standard InChI is InChI=1S/C13H17N/c1-9-3-2-4-12-11(9)5-6-13(12)7-10(13)8-14/h2-4,10H,5-8,14H2,1H3. The van der Waals surface area contributed by atoms with Crippen LogP contribution in [0.4, 0.5) is 0 Å². The van der Waals surface area contributed by atoms with Crippen molar-refractivity contribution in [1.82, 2.24) is 0 Å². The Kier molecular flexibility index (Phi) is 1.58. The van der Waals surface area contributed by atoms with E-state index < -0.39 is 0 Å². The van der Waals surface area contributed by atoms with Gasteiger partial charge in [-0.15, -0.1) is 0 Å². The molecule has 1 aromatic rings. The van der Waals surface area contributed by atoms with Crippen molar-refractivity contribution < 1.29 is 0 Å². The Morgan fingerprint density at radius 3 is 3.07 bits per heavy atom. The Morgan fingerprint density at radius 2 is 2.36 bits per heavy atom. The van der Waals surface area contributed by atoms with Gasteiger partial charge in [0, 0.05) is 5.41 Å². The van der Waals surface area contributed by atoms with Gasteiger partial charge in [-0.3, -0.25) is 0 Å². The molecule has 1 spiro atoms. The van der Waals surface area contributed by atoms with E-state index in [0.29, 0.717) is 5.41 Å². The van der Waals surface area contributed by atoms with Gasteiger partial charge in [0.1, 0.15) is 0 Å². The molecule has 2 atom stereocenters. The topological polar surface area (TPSA) is 26.0 Å². The molecule has 0 radical (unpaired) electrons. The zero-order chi connectivity index (χ0) is 9.76. The second-order valence-electron chi connectivity index (χ2n) is 4.89.